The fourth-order valence-electron chi connectivity index (χ4n) is 2.35. The van der Waals surface area contributed by atoms with Gasteiger partial charge in [-0.05, 0) is 12.0 Å². The molecule has 122 valence electrons. The van der Waals surface area contributed by atoms with E-state index in [1.54, 1.807) is 6.07 Å². The molecular weight excluding hydrogens is 316 g/mol. The highest BCUT2D eigenvalue weighted by molar-refractivity contribution is 7.88. The van der Waals surface area contributed by atoms with Crippen molar-refractivity contribution in [3.63, 3.8) is 0 Å². The third-order valence-electron chi connectivity index (χ3n) is 3.47. The smallest absolute Gasteiger partial charge is 0.258 e. The van der Waals surface area contributed by atoms with Crippen LogP contribution in [0.5, 0.6) is 0 Å². The molecule has 0 fully saturated rings. The second-order valence-corrected chi connectivity index (χ2v) is 6.89. The molecule has 2 rings (SSSR count). The van der Waals surface area contributed by atoms with Crippen molar-refractivity contribution < 1.29 is 13.3 Å². The van der Waals surface area contributed by atoms with E-state index in [-0.39, 0.29) is 17.3 Å². The van der Waals surface area contributed by atoms with Crippen LogP contribution in [0.15, 0.2) is 54.6 Å². The molecule has 2 aromatic rings. The molecule has 7 heteroatoms. The largest absolute Gasteiger partial charge is 0.273 e. The number of nitro benzene ring substituents is 1. The van der Waals surface area contributed by atoms with Crippen molar-refractivity contribution >= 4 is 15.7 Å². The topological polar surface area (TPSA) is 89.3 Å². The summed E-state index contributed by atoms with van der Waals surface area (Å²) in [5.74, 6) is -0.423. The van der Waals surface area contributed by atoms with Crippen LogP contribution in [-0.2, 0) is 15.8 Å². The first-order valence-corrected chi connectivity index (χ1v) is 8.85. The summed E-state index contributed by atoms with van der Waals surface area (Å²) < 4.78 is 27.4. The minimum absolute atomic E-state index is 0.174. The Kier molecular flexibility index (Phi) is 5.46. The Morgan fingerprint density at radius 1 is 1.09 bits per heavy atom. The molecule has 23 heavy (non-hydrogen) atoms. The van der Waals surface area contributed by atoms with Crippen LogP contribution in [0.4, 0.5) is 5.69 Å². The predicted octanol–water partition coefficient (Wildman–Crippen LogP) is 3.17. The average molecular weight is 334 g/mol. The SMILES string of the molecule is CCC(NS(=O)(=O)Cc1ccccc1[N+](=O)[O-])c1ccccc1. The van der Waals surface area contributed by atoms with Crippen molar-refractivity contribution in [2.45, 2.75) is 25.1 Å². The van der Waals surface area contributed by atoms with E-state index in [1.165, 1.54) is 18.2 Å². The number of nitrogens with one attached hydrogen (secondary N) is 1. The molecule has 0 aromatic heterocycles. The van der Waals surface area contributed by atoms with Crippen molar-refractivity contribution in [1.82, 2.24) is 4.72 Å². The zero-order chi connectivity index (χ0) is 16.9. The van der Waals surface area contributed by atoms with E-state index in [2.05, 4.69) is 4.72 Å². The van der Waals surface area contributed by atoms with Gasteiger partial charge in [-0.25, -0.2) is 13.1 Å². The number of benzene rings is 2. The van der Waals surface area contributed by atoms with Crippen molar-refractivity contribution in [3.05, 3.63) is 75.8 Å². The van der Waals surface area contributed by atoms with Crippen molar-refractivity contribution in [1.29, 1.82) is 0 Å². The van der Waals surface area contributed by atoms with Crippen LogP contribution in [-0.4, -0.2) is 13.3 Å². The van der Waals surface area contributed by atoms with Crippen molar-refractivity contribution in [2.75, 3.05) is 0 Å². The molecule has 0 radical (unpaired) electrons. The van der Waals surface area contributed by atoms with Gasteiger partial charge in [-0.1, -0.05) is 55.5 Å². The van der Waals surface area contributed by atoms with Crippen molar-refractivity contribution in [3.8, 4) is 0 Å². The van der Waals surface area contributed by atoms with Crippen LogP contribution in [0.3, 0.4) is 0 Å². The van der Waals surface area contributed by atoms with Gasteiger partial charge < -0.3 is 0 Å². The van der Waals surface area contributed by atoms with E-state index in [1.807, 2.05) is 37.3 Å². The van der Waals surface area contributed by atoms with E-state index in [0.29, 0.717) is 6.42 Å². The lowest BCUT2D eigenvalue weighted by Gasteiger charge is -2.17. The van der Waals surface area contributed by atoms with Gasteiger partial charge in [0.25, 0.3) is 5.69 Å². The number of hydrogen-bond donors (Lipinski definition) is 1. The van der Waals surface area contributed by atoms with Crippen LogP contribution >= 0.6 is 0 Å². The number of sulfonamides is 1. The number of nitro groups is 1. The molecule has 0 heterocycles. The Labute approximate surface area is 135 Å². The third-order valence-corrected chi connectivity index (χ3v) is 4.80. The fraction of sp³-hybridized carbons (Fsp3) is 0.250. The highest BCUT2D eigenvalue weighted by Crippen LogP contribution is 2.22. The first-order valence-electron chi connectivity index (χ1n) is 7.20. The molecular formula is C16H18N2O4S. The summed E-state index contributed by atoms with van der Waals surface area (Å²) in [6, 6.07) is 14.8. The van der Waals surface area contributed by atoms with Crippen LogP contribution < -0.4 is 4.72 Å². The minimum atomic E-state index is -3.70. The lowest BCUT2D eigenvalue weighted by molar-refractivity contribution is -0.385. The maximum absolute atomic E-state index is 12.4. The second-order valence-electron chi connectivity index (χ2n) is 5.13. The standard InChI is InChI=1S/C16H18N2O4S/c1-2-15(13-8-4-3-5-9-13)17-23(21,22)12-14-10-6-7-11-16(14)18(19)20/h3-11,15,17H,2,12H2,1H3. The summed E-state index contributed by atoms with van der Waals surface area (Å²) in [6.07, 6.45) is 0.583. The lowest BCUT2D eigenvalue weighted by Crippen LogP contribution is -2.29. The van der Waals surface area contributed by atoms with E-state index in [0.717, 1.165) is 5.56 Å². The molecule has 2 aromatic carbocycles. The van der Waals surface area contributed by atoms with Gasteiger partial charge >= 0.3 is 0 Å². The van der Waals surface area contributed by atoms with Gasteiger partial charge in [0.2, 0.25) is 10.0 Å². The summed E-state index contributed by atoms with van der Waals surface area (Å²) in [4.78, 5) is 10.4. The van der Waals surface area contributed by atoms with E-state index in [9.17, 15) is 18.5 Å². The van der Waals surface area contributed by atoms with E-state index >= 15 is 0 Å². The van der Waals surface area contributed by atoms with Crippen LogP contribution in [0.25, 0.3) is 0 Å². The Hall–Kier alpha value is -2.25. The quantitative estimate of drug-likeness (QED) is 0.622. The highest BCUT2D eigenvalue weighted by Gasteiger charge is 2.22. The Balaban J connectivity index is 2.21. The molecule has 6 nitrogen and oxygen atoms in total. The van der Waals surface area contributed by atoms with Gasteiger partial charge in [-0.15, -0.1) is 0 Å². The lowest BCUT2D eigenvalue weighted by atomic mass is 10.1. The molecule has 0 aliphatic rings. The van der Waals surface area contributed by atoms with Gasteiger partial charge in [0.05, 0.1) is 10.7 Å². The normalized spacial score (nSPS) is 12.7. The molecule has 0 amide bonds. The molecule has 1 unspecified atom stereocenters. The summed E-state index contributed by atoms with van der Waals surface area (Å²) in [5.41, 5.74) is 0.847. The average Bonchev–Trinajstić information content (AvgIpc) is 2.53. The zero-order valence-corrected chi connectivity index (χ0v) is 13.5. The van der Waals surface area contributed by atoms with Gasteiger partial charge in [0, 0.05) is 17.7 Å². The van der Waals surface area contributed by atoms with Gasteiger partial charge in [0.15, 0.2) is 0 Å². The number of nitrogens with zero attached hydrogens (tertiary/aromatic N) is 1. The van der Waals surface area contributed by atoms with Crippen LogP contribution in [0.2, 0.25) is 0 Å². The molecule has 1 N–H and O–H groups in total. The summed E-state index contributed by atoms with van der Waals surface area (Å²) in [7, 11) is -3.70. The Morgan fingerprint density at radius 3 is 2.30 bits per heavy atom. The third kappa shape index (κ3) is 4.61. The number of rotatable bonds is 7. The maximum Gasteiger partial charge on any atom is 0.273 e. The minimum Gasteiger partial charge on any atom is -0.258 e. The van der Waals surface area contributed by atoms with E-state index < -0.39 is 20.7 Å². The number of hydrogen-bond acceptors (Lipinski definition) is 4. The van der Waals surface area contributed by atoms with Gasteiger partial charge in [0.1, 0.15) is 0 Å². The molecule has 0 aliphatic carbocycles. The van der Waals surface area contributed by atoms with Crippen molar-refractivity contribution in [2.24, 2.45) is 0 Å². The first kappa shape index (κ1) is 17.1. The predicted molar refractivity (Wildman–Crippen MR) is 88.3 cm³/mol. The van der Waals surface area contributed by atoms with Gasteiger partial charge in [-0.3, -0.25) is 10.1 Å². The molecule has 0 saturated carbocycles. The van der Waals surface area contributed by atoms with Crippen LogP contribution in [0, 0.1) is 10.1 Å². The Bertz CT molecular complexity index is 776. The molecule has 0 aliphatic heterocycles. The molecule has 0 saturated heterocycles. The summed E-state index contributed by atoms with van der Waals surface area (Å²) >= 11 is 0. The summed E-state index contributed by atoms with van der Waals surface area (Å²) in [6.45, 7) is 1.88. The van der Waals surface area contributed by atoms with E-state index in [4.69, 9.17) is 0 Å². The highest BCUT2D eigenvalue weighted by atomic mass is 32.2. The molecule has 0 spiro atoms. The fourth-order valence-corrected chi connectivity index (χ4v) is 3.82. The molecule has 1 atom stereocenters. The Morgan fingerprint density at radius 2 is 1.70 bits per heavy atom. The number of para-hydroxylation sites is 1. The molecule has 0 bridgehead atoms. The monoisotopic (exact) mass is 334 g/mol. The maximum atomic E-state index is 12.4. The zero-order valence-electron chi connectivity index (χ0n) is 12.7. The van der Waals surface area contributed by atoms with Crippen LogP contribution in [0.1, 0.15) is 30.5 Å². The summed E-state index contributed by atoms with van der Waals surface area (Å²) in [5, 5.41) is 11.0. The first-order chi connectivity index (χ1) is 10.9. The second kappa shape index (κ2) is 7.34. The van der Waals surface area contributed by atoms with Gasteiger partial charge in [-0.2, -0.15) is 0 Å².